The summed E-state index contributed by atoms with van der Waals surface area (Å²) in [5.41, 5.74) is 7.74. The molecule has 2 aromatic carbocycles. The van der Waals surface area contributed by atoms with Crippen molar-refractivity contribution in [1.82, 2.24) is 3.97 Å². The van der Waals surface area contributed by atoms with E-state index in [1.54, 1.807) is 36.4 Å². The minimum absolute atomic E-state index is 0.00957. The summed E-state index contributed by atoms with van der Waals surface area (Å²) in [6, 6.07) is 11.3. The van der Waals surface area contributed by atoms with E-state index in [1.807, 2.05) is 6.92 Å². The van der Waals surface area contributed by atoms with Crippen molar-refractivity contribution >= 4 is 26.9 Å². The topological polar surface area (TPSA) is 101 Å². The predicted octanol–water partition coefficient (Wildman–Crippen LogP) is 2.44. The first-order valence-electron chi connectivity index (χ1n) is 8.16. The number of aryl methyl sites for hydroxylation is 1. The zero-order valence-electron chi connectivity index (χ0n) is 15.2. The fourth-order valence-corrected chi connectivity index (χ4v) is 4.49. The number of hydrogen-bond donors (Lipinski definition) is 1. The van der Waals surface area contributed by atoms with E-state index in [-0.39, 0.29) is 22.8 Å². The highest BCUT2D eigenvalue weighted by atomic mass is 32.2. The molecule has 3 rings (SSSR count). The zero-order chi connectivity index (χ0) is 19.8. The van der Waals surface area contributed by atoms with Gasteiger partial charge < -0.3 is 15.2 Å². The Morgan fingerprint density at radius 2 is 1.78 bits per heavy atom. The fourth-order valence-electron chi connectivity index (χ4n) is 2.95. The Kier molecular flexibility index (Phi) is 4.95. The number of ether oxygens (including phenoxy) is 2. The van der Waals surface area contributed by atoms with E-state index in [4.69, 9.17) is 15.2 Å². The number of hydrogen-bond acceptors (Lipinski definition) is 6. The smallest absolute Gasteiger partial charge is 0.341 e. The average molecular weight is 388 g/mol. The van der Waals surface area contributed by atoms with E-state index in [1.165, 1.54) is 24.3 Å². The lowest BCUT2D eigenvalue weighted by atomic mass is 10.1. The number of carbonyl (C=O) groups excluding carboxylic acids is 1. The van der Waals surface area contributed by atoms with Crippen LogP contribution in [0.4, 0.5) is 0 Å². The minimum atomic E-state index is -3.88. The number of esters is 1. The Balaban J connectivity index is 2.32. The molecule has 0 atom stereocenters. The molecule has 0 aliphatic carbocycles. The van der Waals surface area contributed by atoms with Crippen LogP contribution in [-0.2, 0) is 21.3 Å². The molecule has 0 amide bonds. The summed E-state index contributed by atoms with van der Waals surface area (Å²) in [6.45, 7) is 1.89. The van der Waals surface area contributed by atoms with Crippen molar-refractivity contribution in [2.75, 3.05) is 14.2 Å². The van der Waals surface area contributed by atoms with Gasteiger partial charge in [-0.3, -0.25) is 0 Å². The quantitative estimate of drug-likeness (QED) is 0.674. The highest BCUT2D eigenvalue weighted by molar-refractivity contribution is 7.90. The standard InChI is InChI=1S/C19H20N2O5S/c1-12-4-6-15(7-5-12)27(23,24)21-14(11-20)8-13-9-16(19(22)26-3)18(25-2)10-17(13)21/h4-10H,11,20H2,1-3H3. The van der Waals surface area contributed by atoms with E-state index in [0.717, 1.165) is 5.56 Å². The molecule has 0 unspecified atom stereocenters. The van der Waals surface area contributed by atoms with Crippen molar-refractivity contribution in [3.05, 3.63) is 59.3 Å². The van der Waals surface area contributed by atoms with Gasteiger partial charge in [0.25, 0.3) is 10.0 Å². The van der Waals surface area contributed by atoms with Gasteiger partial charge in [-0.1, -0.05) is 17.7 Å². The molecular formula is C19H20N2O5S. The molecule has 2 N–H and O–H groups in total. The molecule has 7 nitrogen and oxygen atoms in total. The number of rotatable bonds is 5. The summed E-state index contributed by atoms with van der Waals surface area (Å²) in [4.78, 5) is 12.1. The summed E-state index contributed by atoms with van der Waals surface area (Å²) >= 11 is 0. The Labute approximate surface area is 157 Å². The summed E-state index contributed by atoms with van der Waals surface area (Å²) < 4.78 is 37.7. The number of carbonyl (C=O) groups is 1. The van der Waals surface area contributed by atoms with Crippen molar-refractivity contribution in [3.8, 4) is 5.75 Å². The summed E-state index contributed by atoms with van der Waals surface area (Å²) in [5.74, 6) is -0.353. The summed E-state index contributed by atoms with van der Waals surface area (Å²) in [7, 11) is -1.21. The lowest BCUT2D eigenvalue weighted by Crippen LogP contribution is -2.17. The van der Waals surface area contributed by atoms with Gasteiger partial charge in [-0.15, -0.1) is 0 Å². The van der Waals surface area contributed by atoms with Crippen LogP contribution in [0.5, 0.6) is 5.75 Å². The van der Waals surface area contributed by atoms with Gasteiger partial charge in [-0.05, 0) is 31.2 Å². The second kappa shape index (κ2) is 7.05. The SMILES string of the molecule is COC(=O)c1cc2cc(CN)n(S(=O)(=O)c3ccc(C)cc3)c2cc1OC. The molecule has 1 aromatic heterocycles. The van der Waals surface area contributed by atoms with Crippen LogP contribution in [0.2, 0.25) is 0 Å². The first-order valence-corrected chi connectivity index (χ1v) is 9.60. The second-order valence-corrected chi connectivity index (χ2v) is 7.81. The summed E-state index contributed by atoms with van der Waals surface area (Å²) in [6.07, 6.45) is 0. The molecule has 3 aromatic rings. The van der Waals surface area contributed by atoms with Gasteiger partial charge in [-0.25, -0.2) is 17.2 Å². The monoisotopic (exact) mass is 388 g/mol. The van der Waals surface area contributed by atoms with Gasteiger partial charge in [-0.2, -0.15) is 0 Å². The molecule has 0 saturated heterocycles. The van der Waals surface area contributed by atoms with E-state index in [9.17, 15) is 13.2 Å². The number of aromatic nitrogens is 1. The van der Waals surface area contributed by atoms with Crippen molar-refractivity contribution in [3.63, 3.8) is 0 Å². The van der Waals surface area contributed by atoms with Gasteiger partial charge >= 0.3 is 5.97 Å². The Bertz CT molecular complexity index is 1120. The zero-order valence-corrected chi connectivity index (χ0v) is 16.0. The Morgan fingerprint density at radius 3 is 2.33 bits per heavy atom. The average Bonchev–Trinajstić information content (AvgIpc) is 3.04. The molecule has 1 heterocycles. The van der Waals surface area contributed by atoms with E-state index in [0.29, 0.717) is 16.6 Å². The van der Waals surface area contributed by atoms with E-state index >= 15 is 0 Å². The predicted molar refractivity (Wildman–Crippen MR) is 101 cm³/mol. The molecule has 0 radical (unpaired) electrons. The van der Waals surface area contributed by atoms with Gasteiger partial charge in [0.1, 0.15) is 11.3 Å². The van der Waals surface area contributed by atoms with Crippen LogP contribution in [0.1, 0.15) is 21.6 Å². The van der Waals surface area contributed by atoms with Crippen molar-refractivity contribution in [1.29, 1.82) is 0 Å². The largest absolute Gasteiger partial charge is 0.496 e. The minimum Gasteiger partial charge on any atom is -0.496 e. The molecule has 142 valence electrons. The lowest BCUT2D eigenvalue weighted by Gasteiger charge is -2.13. The molecule has 0 aliphatic rings. The maximum atomic E-state index is 13.2. The number of methoxy groups -OCH3 is 2. The highest BCUT2D eigenvalue weighted by Gasteiger charge is 2.25. The number of nitrogens with two attached hydrogens (primary N) is 1. The van der Waals surface area contributed by atoms with E-state index < -0.39 is 16.0 Å². The highest BCUT2D eigenvalue weighted by Crippen LogP contribution is 2.32. The van der Waals surface area contributed by atoms with Gasteiger partial charge in [0.05, 0.1) is 24.6 Å². The molecule has 0 aliphatic heterocycles. The number of nitrogens with zero attached hydrogens (tertiary/aromatic N) is 1. The molecule has 0 bridgehead atoms. The van der Waals surface area contributed by atoms with Crippen LogP contribution in [-0.4, -0.2) is 32.6 Å². The first-order chi connectivity index (χ1) is 12.8. The molecule has 8 heteroatoms. The van der Waals surface area contributed by atoms with Crippen molar-refractivity contribution in [2.24, 2.45) is 5.73 Å². The van der Waals surface area contributed by atoms with Crippen LogP contribution in [0.25, 0.3) is 10.9 Å². The van der Waals surface area contributed by atoms with Crippen LogP contribution in [0.15, 0.2) is 47.4 Å². The number of benzene rings is 2. The Hall–Kier alpha value is -2.84. The molecule has 27 heavy (non-hydrogen) atoms. The van der Waals surface area contributed by atoms with Crippen LogP contribution >= 0.6 is 0 Å². The first kappa shape index (κ1) is 18.9. The molecule has 0 fully saturated rings. The molecular weight excluding hydrogens is 368 g/mol. The van der Waals surface area contributed by atoms with Gasteiger partial charge in [0, 0.05) is 23.7 Å². The summed E-state index contributed by atoms with van der Waals surface area (Å²) in [5, 5.41) is 0.548. The van der Waals surface area contributed by atoms with Crippen molar-refractivity contribution < 1.29 is 22.7 Å². The van der Waals surface area contributed by atoms with Crippen molar-refractivity contribution in [2.45, 2.75) is 18.4 Å². The van der Waals surface area contributed by atoms with Gasteiger partial charge in [0.15, 0.2) is 0 Å². The third-order valence-corrected chi connectivity index (χ3v) is 6.10. The van der Waals surface area contributed by atoms with Gasteiger partial charge in [0.2, 0.25) is 0 Å². The molecule has 0 spiro atoms. The third-order valence-electron chi connectivity index (χ3n) is 4.32. The van der Waals surface area contributed by atoms with Crippen LogP contribution < -0.4 is 10.5 Å². The fraction of sp³-hybridized carbons (Fsp3) is 0.211. The lowest BCUT2D eigenvalue weighted by molar-refractivity contribution is 0.0597. The maximum absolute atomic E-state index is 13.2. The maximum Gasteiger partial charge on any atom is 0.341 e. The number of fused-ring (bicyclic) bond motifs is 1. The Morgan fingerprint density at radius 1 is 1.11 bits per heavy atom. The van der Waals surface area contributed by atoms with Crippen LogP contribution in [0.3, 0.4) is 0 Å². The van der Waals surface area contributed by atoms with Crippen LogP contribution in [0, 0.1) is 6.92 Å². The second-order valence-electron chi connectivity index (χ2n) is 6.03. The normalized spacial score (nSPS) is 11.6. The third kappa shape index (κ3) is 3.17. The van der Waals surface area contributed by atoms with E-state index in [2.05, 4.69) is 0 Å². The molecule has 0 saturated carbocycles.